The van der Waals surface area contributed by atoms with Crippen LogP contribution in [0.1, 0.15) is 5.69 Å². The molecule has 1 rings (SSSR count). The fourth-order valence-electron chi connectivity index (χ4n) is 0.887. The van der Waals surface area contributed by atoms with E-state index in [2.05, 4.69) is 15.3 Å². The van der Waals surface area contributed by atoms with E-state index in [0.29, 0.717) is 6.07 Å². The van der Waals surface area contributed by atoms with E-state index in [0.717, 1.165) is 6.20 Å². The SMILES string of the molecule is OC(CNc1nccc(C(F)(F)F)n1)C(F)F. The molecule has 0 bridgehead atoms. The summed E-state index contributed by atoms with van der Waals surface area (Å²) >= 11 is 0. The first kappa shape index (κ1) is 13.6. The van der Waals surface area contributed by atoms with Crippen LogP contribution in [-0.4, -0.2) is 34.1 Å². The van der Waals surface area contributed by atoms with E-state index in [1.165, 1.54) is 0 Å². The smallest absolute Gasteiger partial charge is 0.385 e. The van der Waals surface area contributed by atoms with Crippen molar-refractivity contribution in [1.29, 1.82) is 0 Å². The van der Waals surface area contributed by atoms with Gasteiger partial charge in [-0.25, -0.2) is 18.7 Å². The third-order valence-corrected chi connectivity index (χ3v) is 1.71. The van der Waals surface area contributed by atoms with E-state index in [9.17, 15) is 22.0 Å². The van der Waals surface area contributed by atoms with Crippen LogP contribution in [0.25, 0.3) is 0 Å². The van der Waals surface area contributed by atoms with Gasteiger partial charge in [0.25, 0.3) is 6.43 Å². The van der Waals surface area contributed by atoms with Gasteiger partial charge in [0.15, 0.2) is 0 Å². The molecule has 0 saturated heterocycles. The molecule has 0 spiro atoms. The highest BCUT2D eigenvalue weighted by molar-refractivity contribution is 5.26. The molecule has 9 heteroatoms. The molecule has 2 N–H and O–H groups in total. The van der Waals surface area contributed by atoms with Crippen LogP contribution in [0.15, 0.2) is 12.3 Å². The van der Waals surface area contributed by atoms with Crippen molar-refractivity contribution in [2.45, 2.75) is 18.7 Å². The standard InChI is InChI=1S/C8H8F5N3O/c9-6(10)4(17)3-15-7-14-2-1-5(16-7)8(11,12)13/h1-2,4,6,17H,3H2,(H,14,15,16). The maximum Gasteiger partial charge on any atom is 0.433 e. The molecule has 1 atom stereocenters. The molecular weight excluding hydrogens is 249 g/mol. The van der Waals surface area contributed by atoms with Crippen LogP contribution in [0.5, 0.6) is 0 Å². The molecule has 0 radical (unpaired) electrons. The van der Waals surface area contributed by atoms with Gasteiger partial charge in [-0.2, -0.15) is 13.2 Å². The van der Waals surface area contributed by atoms with Gasteiger partial charge < -0.3 is 10.4 Å². The third kappa shape index (κ3) is 4.10. The largest absolute Gasteiger partial charge is 0.433 e. The van der Waals surface area contributed by atoms with Gasteiger partial charge in [-0.05, 0) is 6.07 Å². The molecule has 1 aromatic heterocycles. The van der Waals surface area contributed by atoms with Crippen LogP contribution in [0.4, 0.5) is 27.9 Å². The number of hydrogen-bond acceptors (Lipinski definition) is 4. The Morgan fingerprint density at radius 1 is 1.35 bits per heavy atom. The number of rotatable bonds is 4. The molecule has 1 heterocycles. The van der Waals surface area contributed by atoms with Crippen LogP contribution in [0.3, 0.4) is 0 Å². The van der Waals surface area contributed by atoms with Crippen molar-refractivity contribution in [3.63, 3.8) is 0 Å². The fourth-order valence-corrected chi connectivity index (χ4v) is 0.887. The second-order valence-corrected chi connectivity index (χ2v) is 3.05. The molecule has 0 fully saturated rings. The second-order valence-electron chi connectivity index (χ2n) is 3.05. The highest BCUT2D eigenvalue weighted by Crippen LogP contribution is 2.27. The molecule has 0 aromatic carbocycles. The molecule has 1 unspecified atom stereocenters. The first-order valence-electron chi connectivity index (χ1n) is 4.41. The molecule has 0 aliphatic carbocycles. The summed E-state index contributed by atoms with van der Waals surface area (Å²) in [4.78, 5) is 6.48. The van der Waals surface area contributed by atoms with E-state index >= 15 is 0 Å². The molecule has 96 valence electrons. The van der Waals surface area contributed by atoms with Crippen LogP contribution in [-0.2, 0) is 6.18 Å². The summed E-state index contributed by atoms with van der Waals surface area (Å²) in [6, 6.07) is 0.648. The lowest BCUT2D eigenvalue weighted by Gasteiger charge is -2.11. The van der Waals surface area contributed by atoms with Gasteiger partial charge in [-0.1, -0.05) is 0 Å². The van der Waals surface area contributed by atoms with E-state index in [1.54, 1.807) is 0 Å². The highest BCUT2D eigenvalue weighted by Gasteiger charge is 2.32. The van der Waals surface area contributed by atoms with Crippen molar-refractivity contribution in [3.05, 3.63) is 18.0 Å². The van der Waals surface area contributed by atoms with Crippen molar-refractivity contribution in [2.75, 3.05) is 11.9 Å². The van der Waals surface area contributed by atoms with E-state index in [-0.39, 0.29) is 0 Å². The Morgan fingerprint density at radius 3 is 2.53 bits per heavy atom. The number of aliphatic hydroxyl groups is 1. The average molecular weight is 257 g/mol. The van der Waals surface area contributed by atoms with E-state index < -0.39 is 36.9 Å². The number of aromatic nitrogens is 2. The zero-order chi connectivity index (χ0) is 13.1. The van der Waals surface area contributed by atoms with Crippen LogP contribution in [0, 0.1) is 0 Å². The van der Waals surface area contributed by atoms with Gasteiger partial charge in [-0.15, -0.1) is 0 Å². The maximum absolute atomic E-state index is 12.2. The number of anilines is 1. The van der Waals surface area contributed by atoms with Gasteiger partial charge in [0.2, 0.25) is 5.95 Å². The number of nitrogens with zero attached hydrogens (tertiary/aromatic N) is 2. The van der Waals surface area contributed by atoms with Gasteiger partial charge in [0.1, 0.15) is 11.8 Å². The predicted molar refractivity (Wildman–Crippen MR) is 47.5 cm³/mol. The summed E-state index contributed by atoms with van der Waals surface area (Å²) in [5, 5.41) is 10.8. The predicted octanol–water partition coefficient (Wildman–Crippen LogP) is 1.53. The molecule has 1 aromatic rings. The zero-order valence-corrected chi connectivity index (χ0v) is 8.25. The Morgan fingerprint density at radius 2 is 2.00 bits per heavy atom. The number of nitrogens with one attached hydrogen (secondary N) is 1. The molecule has 17 heavy (non-hydrogen) atoms. The van der Waals surface area contributed by atoms with Crippen molar-refractivity contribution in [2.24, 2.45) is 0 Å². The normalized spacial score (nSPS) is 13.8. The summed E-state index contributed by atoms with van der Waals surface area (Å²) in [5.74, 6) is -0.473. The quantitative estimate of drug-likeness (QED) is 0.803. The van der Waals surface area contributed by atoms with Crippen molar-refractivity contribution in [3.8, 4) is 0 Å². The summed E-state index contributed by atoms with van der Waals surface area (Å²) in [6.07, 6.45) is -8.78. The number of aliphatic hydroxyl groups excluding tert-OH is 1. The Kier molecular flexibility index (Phi) is 4.16. The Bertz CT molecular complexity index is 370. The van der Waals surface area contributed by atoms with Crippen molar-refractivity contribution in [1.82, 2.24) is 9.97 Å². The second kappa shape index (κ2) is 5.21. The molecule has 4 nitrogen and oxygen atoms in total. The topological polar surface area (TPSA) is 58.0 Å². The van der Waals surface area contributed by atoms with E-state index in [4.69, 9.17) is 5.11 Å². The Labute approximate surface area is 92.5 Å². The monoisotopic (exact) mass is 257 g/mol. The van der Waals surface area contributed by atoms with Crippen LogP contribution < -0.4 is 5.32 Å². The van der Waals surface area contributed by atoms with Gasteiger partial charge in [0.05, 0.1) is 0 Å². The minimum Gasteiger partial charge on any atom is -0.385 e. The fraction of sp³-hybridized carbons (Fsp3) is 0.500. The lowest BCUT2D eigenvalue weighted by Crippen LogP contribution is -2.27. The minimum absolute atomic E-state index is 0.473. The first-order valence-corrected chi connectivity index (χ1v) is 4.41. The van der Waals surface area contributed by atoms with Crippen LogP contribution in [0.2, 0.25) is 0 Å². The molecule has 0 aliphatic heterocycles. The Hall–Kier alpha value is -1.51. The minimum atomic E-state index is -4.64. The number of halogens is 5. The highest BCUT2D eigenvalue weighted by atomic mass is 19.4. The van der Waals surface area contributed by atoms with Gasteiger partial charge in [-0.3, -0.25) is 0 Å². The van der Waals surface area contributed by atoms with Gasteiger partial charge >= 0.3 is 6.18 Å². The summed E-state index contributed by atoms with van der Waals surface area (Å²) in [5.41, 5.74) is -1.19. The lowest BCUT2D eigenvalue weighted by atomic mass is 10.3. The molecule has 0 aliphatic rings. The van der Waals surface area contributed by atoms with Crippen molar-refractivity contribution < 1.29 is 27.1 Å². The van der Waals surface area contributed by atoms with E-state index in [1.807, 2.05) is 0 Å². The maximum atomic E-state index is 12.2. The Balaban J connectivity index is 2.67. The zero-order valence-electron chi connectivity index (χ0n) is 8.25. The summed E-state index contributed by atoms with van der Waals surface area (Å²) < 4.78 is 60.4. The number of hydrogen-bond donors (Lipinski definition) is 2. The third-order valence-electron chi connectivity index (χ3n) is 1.71. The lowest BCUT2D eigenvalue weighted by molar-refractivity contribution is -0.141. The van der Waals surface area contributed by atoms with Crippen molar-refractivity contribution >= 4 is 5.95 Å². The molecule has 0 saturated carbocycles. The number of alkyl halides is 5. The molecular formula is C8H8F5N3O. The van der Waals surface area contributed by atoms with Gasteiger partial charge in [0, 0.05) is 12.7 Å². The first-order chi connectivity index (χ1) is 7.80. The average Bonchev–Trinajstić information content (AvgIpc) is 2.25. The van der Waals surface area contributed by atoms with Crippen LogP contribution >= 0.6 is 0 Å². The molecule has 0 amide bonds. The summed E-state index contributed by atoms with van der Waals surface area (Å²) in [7, 11) is 0. The summed E-state index contributed by atoms with van der Waals surface area (Å²) in [6.45, 7) is -0.640.